The van der Waals surface area contributed by atoms with Crippen LogP contribution >= 0.6 is 22.7 Å². The molecule has 2 aromatic heterocycles. The lowest BCUT2D eigenvalue weighted by Crippen LogP contribution is -2.40. The van der Waals surface area contributed by atoms with Crippen LogP contribution in [0.15, 0.2) is 206 Å². The molecule has 2 aliphatic rings. The lowest BCUT2D eigenvalue weighted by Gasteiger charge is -2.47. The Balaban J connectivity index is 1.05. The molecule has 0 N–H and O–H groups in total. The van der Waals surface area contributed by atoms with Crippen LogP contribution in [0.4, 0.5) is 86.8 Å². The molecular formula is C68H40F12N2S2. The zero-order chi connectivity index (χ0) is 58.6. The van der Waals surface area contributed by atoms with E-state index in [1.54, 1.807) is 58.3 Å². The van der Waals surface area contributed by atoms with E-state index in [0.29, 0.717) is 53.7 Å². The summed E-state index contributed by atoms with van der Waals surface area (Å²) in [6, 6.07) is 55.0. The largest absolute Gasteiger partial charge is 0.417 e. The van der Waals surface area contributed by atoms with E-state index in [0.717, 1.165) is 104 Å². The predicted molar refractivity (Wildman–Crippen MR) is 311 cm³/mol. The van der Waals surface area contributed by atoms with Crippen LogP contribution in [0.3, 0.4) is 0 Å². The number of rotatable bonds is 6. The molecule has 10 aromatic carbocycles. The number of thiophene rings is 2. The van der Waals surface area contributed by atoms with Crippen molar-refractivity contribution in [3.8, 4) is 11.1 Å². The number of benzene rings is 10. The quantitative estimate of drug-likeness (QED) is 0.153. The van der Waals surface area contributed by atoms with Gasteiger partial charge in [0.2, 0.25) is 0 Å². The molecule has 84 heavy (non-hydrogen) atoms. The van der Waals surface area contributed by atoms with Crippen molar-refractivity contribution in [1.82, 2.24) is 0 Å². The predicted octanol–water partition coefficient (Wildman–Crippen LogP) is 22.4. The van der Waals surface area contributed by atoms with E-state index in [1.165, 1.54) is 36.4 Å². The minimum Gasteiger partial charge on any atom is -0.309 e. The molecule has 0 saturated heterocycles. The van der Waals surface area contributed by atoms with Crippen molar-refractivity contribution in [3.05, 3.63) is 262 Å². The average Bonchev–Trinajstić information content (AvgIpc) is 1.43. The molecule has 1 spiro atoms. The molecule has 2 aliphatic carbocycles. The Hall–Kier alpha value is -8.60. The number of anilines is 6. The Morgan fingerprint density at radius 1 is 0.310 bits per heavy atom. The number of hydrogen-bond donors (Lipinski definition) is 0. The van der Waals surface area contributed by atoms with Gasteiger partial charge in [0.25, 0.3) is 0 Å². The van der Waals surface area contributed by atoms with E-state index in [2.05, 4.69) is 38.1 Å². The maximum Gasteiger partial charge on any atom is 0.417 e. The monoisotopic (exact) mass is 1180 g/mol. The lowest BCUT2D eigenvalue weighted by atomic mass is 9.55. The molecule has 12 aromatic rings. The number of alkyl halides is 12. The van der Waals surface area contributed by atoms with E-state index in [1.807, 2.05) is 60.7 Å². The van der Waals surface area contributed by atoms with Gasteiger partial charge in [-0.15, -0.1) is 22.7 Å². The van der Waals surface area contributed by atoms with Crippen molar-refractivity contribution < 1.29 is 52.7 Å². The minimum atomic E-state index is -4.70. The van der Waals surface area contributed by atoms with Crippen molar-refractivity contribution in [2.75, 3.05) is 9.80 Å². The second-order valence-corrected chi connectivity index (χ2v) is 23.6. The van der Waals surface area contributed by atoms with Crippen molar-refractivity contribution in [2.24, 2.45) is 0 Å². The standard InChI is InChI=1S/C68H40F12N2S2/c1-63(2)49-15-3-5-17-51(49)64(52-18-6-4-16-50(52)63)55-35-41(81(39-27-23-37(24-28-39)65(69,70)71)57-21-9-13-47-45-11-7-19-53(67(75,76)77)59(45)83-61(47)57)31-33-43(55)44-34-32-42(36-56(44)64)82(40-29-25-38(26-30-40)66(72,73)74)58-22-10-14-48-46-12-8-20-54(68(78,79)80)60(46)84-62(48)58/h3-36H,1-2H3. The number of hydrogen-bond acceptors (Lipinski definition) is 4. The molecular weight excluding hydrogens is 1140 g/mol. The third-order valence-corrected chi connectivity index (χ3v) is 19.2. The average molecular weight is 1180 g/mol. The Labute approximate surface area is 479 Å². The van der Waals surface area contributed by atoms with Crippen molar-refractivity contribution in [3.63, 3.8) is 0 Å². The molecule has 0 bridgehead atoms. The lowest BCUT2D eigenvalue weighted by molar-refractivity contribution is -0.138. The minimum absolute atomic E-state index is 0.00278. The number of fused-ring (bicyclic) bond motifs is 15. The smallest absolute Gasteiger partial charge is 0.309 e. The molecule has 418 valence electrons. The van der Waals surface area contributed by atoms with Crippen LogP contribution in [0, 0.1) is 0 Å². The summed E-state index contributed by atoms with van der Waals surface area (Å²) in [6.07, 6.45) is -18.8. The summed E-state index contributed by atoms with van der Waals surface area (Å²) < 4.78 is 175. The molecule has 2 heterocycles. The molecule has 0 radical (unpaired) electrons. The summed E-state index contributed by atoms with van der Waals surface area (Å²) in [5.74, 6) is 0. The van der Waals surface area contributed by atoms with Gasteiger partial charge < -0.3 is 9.80 Å². The molecule has 0 saturated carbocycles. The highest BCUT2D eigenvalue weighted by Crippen LogP contribution is 2.64. The molecule has 0 amide bonds. The second kappa shape index (κ2) is 18.4. The zero-order valence-corrected chi connectivity index (χ0v) is 45.5. The van der Waals surface area contributed by atoms with E-state index in [9.17, 15) is 52.7 Å². The third-order valence-electron chi connectivity index (χ3n) is 16.6. The molecule has 16 heteroatoms. The van der Waals surface area contributed by atoms with Gasteiger partial charge in [-0.1, -0.05) is 123 Å². The maximum absolute atomic E-state index is 14.7. The summed E-state index contributed by atoms with van der Waals surface area (Å²) in [5, 5.41) is 1.73. The van der Waals surface area contributed by atoms with Crippen molar-refractivity contribution >= 4 is 97.1 Å². The van der Waals surface area contributed by atoms with E-state index >= 15 is 0 Å². The maximum atomic E-state index is 14.7. The fourth-order valence-corrected chi connectivity index (χ4v) is 15.7. The molecule has 0 unspecified atom stereocenters. The van der Waals surface area contributed by atoms with Gasteiger partial charge in [0.05, 0.1) is 48.4 Å². The van der Waals surface area contributed by atoms with Gasteiger partial charge in [0.15, 0.2) is 0 Å². The van der Waals surface area contributed by atoms with E-state index in [4.69, 9.17) is 0 Å². The van der Waals surface area contributed by atoms with Crippen LogP contribution in [0.2, 0.25) is 0 Å². The second-order valence-electron chi connectivity index (χ2n) is 21.6. The Bertz CT molecular complexity index is 4370. The van der Waals surface area contributed by atoms with Crippen molar-refractivity contribution in [1.29, 1.82) is 0 Å². The normalized spacial score (nSPS) is 14.5. The highest BCUT2D eigenvalue weighted by atomic mass is 32.1. The summed E-state index contributed by atoms with van der Waals surface area (Å²) in [5.41, 5.74) is 3.71. The van der Waals surface area contributed by atoms with Crippen LogP contribution in [-0.2, 0) is 35.5 Å². The van der Waals surface area contributed by atoms with E-state index < -0.39 is 57.8 Å². The van der Waals surface area contributed by atoms with Crippen LogP contribution in [0.1, 0.15) is 69.5 Å². The highest BCUT2D eigenvalue weighted by molar-refractivity contribution is 7.27. The number of nitrogens with zero attached hydrogens (tertiary/aromatic N) is 2. The van der Waals surface area contributed by atoms with Gasteiger partial charge >= 0.3 is 24.7 Å². The first-order chi connectivity index (χ1) is 40.0. The first-order valence-corrected chi connectivity index (χ1v) is 28.1. The summed E-state index contributed by atoms with van der Waals surface area (Å²) >= 11 is 1.88. The Morgan fingerprint density at radius 3 is 1.00 bits per heavy atom. The van der Waals surface area contributed by atoms with Crippen molar-refractivity contribution in [2.45, 2.75) is 49.4 Å². The van der Waals surface area contributed by atoms with Gasteiger partial charge in [-0.25, -0.2) is 0 Å². The molecule has 0 fully saturated rings. The highest BCUT2D eigenvalue weighted by Gasteiger charge is 2.54. The molecule has 0 aliphatic heterocycles. The topological polar surface area (TPSA) is 6.48 Å². The first-order valence-electron chi connectivity index (χ1n) is 26.4. The molecule has 2 nitrogen and oxygen atoms in total. The number of halogens is 12. The first kappa shape index (κ1) is 53.4. The molecule has 0 atom stereocenters. The Morgan fingerprint density at radius 2 is 0.643 bits per heavy atom. The fourth-order valence-electron chi connectivity index (χ4n) is 13.0. The third kappa shape index (κ3) is 7.99. The van der Waals surface area contributed by atoms with Gasteiger partial charge in [0, 0.05) is 59.1 Å². The van der Waals surface area contributed by atoms with Crippen LogP contribution in [0.25, 0.3) is 51.5 Å². The summed E-state index contributed by atoms with van der Waals surface area (Å²) in [4.78, 5) is 3.53. The molecule has 14 rings (SSSR count). The Kier molecular flexibility index (Phi) is 11.7. The van der Waals surface area contributed by atoms with Gasteiger partial charge in [-0.05, 0) is 142 Å². The van der Waals surface area contributed by atoms with E-state index in [-0.39, 0.29) is 20.8 Å². The van der Waals surface area contributed by atoms with Gasteiger partial charge in [-0.3, -0.25) is 0 Å². The van der Waals surface area contributed by atoms with Crippen LogP contribution in [-0.4, -0.2) is 0 Å². The SMILES string of the molecule is CC1(C)c2ccccc2C2(c3cc(N(c4ccc(C(F)(F)F)cc4)c4cccc5c4sc4c(C(F)(F)F)cccc45)ccc3-c3ccc(N(c4ccc(C(F)(F)F)cc4)c4cccc5c4sc4c(C(F)(F)F)cccc45)cc32)c2ccccc21. The fraction of sp³-hybridized carbons (Fsp3) is 0.118. The van der Waals surface area contributed by atoms with Crippen LogP contribution in [0.5, 0.6) is 0 Å². The van der Waals surface area contributed by atoms with Crippen LogP contribution < -0.4 is 9.80 Å². The van der Waals surface area contributed by atoms with Gasteiger partial charge in [0.1, 0.15) is 0 Å². The zero-order valence-electron chi connectivity index (χ0n) is 43.9. The summed E-state index contributed by atoms with van der Waals surface area (Å²) in [6.45, 7) is 4.26. The van der Waals surface area contributed by atoms with Gasteiger partial charge in [-0.2, -0.15) is 52.7 Å². The summed E-state index contributed by atoms with van der Waals surface area (Å²) in [7, 11) is 0.